The molecular weight excluding hydrogens is 144 g/mol. The Kier molecular flexibility index (Phi) is 2.59. The number of piperidine rings is 1. The third-order valence-electron chi connectivity index (χ3n) is 1.79. The van der Waals surface area contributed by atoms with Crippen LogP contribution in [0, 0.1) is 0 Å². The van der Waals surface area contributed by atoms with Crippen LogP contribution in [0.1, 0.15) is 19.3 Å². The van der Waals surface area contributed by atoms with Gasteiger partial charge in [0.2, 0.25) is 5.91 Å². The molecule has 0 bridgehead atoms. The van der Waals surface area contributed by atoms with Crippen LogP contribution in [0.25, 0.3) is 0 Å². The van der Waals surface area contributed by atoms with Gasteiger partial charge in [0, 0.05) is 13.0 Å². The molecule has 0 spiro atoms. The summed E-state index contributed by atoms with van der Waals surface area (Å²) in [5.41, 5.74) is 3.23. The van der Waals surface area contributed by atoms with E-state index in [1.165, 1.54) is 0 Å². The van der Waals surface area contributed by atoms with Gasteiger partial charge in [-0.1, -0.05) is 0 Å². The van der Waals surface area contributed by atoms with E-state index < -0.39 is 0 Å². The van der Waals surface area contributed by atoms with E-state index in [2.05, 4.69) is 5.73 Å². The zero-order valence-corrected chi connectivity index (χ0v) is 6.51. The Hall–Kier alpha value is -0.900. The van der Waals surface area contributed by atoms with E-state index in [9.17, 15) is 9.59 Å². The van der Waals surface area contributed by atoms with Crippen molar-refractivity contribution in [1.29, 1.82) is 0 Å². The molecule has 0 aromatic heterocycles. The number of carbonyl (C=O) groups excluding carboxylic acids is 2. The Morgan fingerprint density at radius 1 is 1.55 bits per heavy atom. The molecule has 1 fully saturated rings. The van der Waals surface area contributed by atoms with Crippen molar-refractivity contribution in [2.75, 3.05) is 13.1 Å². The quantitative estimate of drug-likeness (QED) is 0.545. The lowest BCUT2D eigenvalue weighted by atomic mass is 10.1. The van der Waals surface area contributed by atoms with Gasteiger partial charge in [-0.15, -0.1) is 0 Å². The van der Waals surface area contributed by atoms with E-state index in [0.29, 0.717) is 6.42 Å². The fraction of sp³-hybridized carbons (Fsp3) is 0.714. The molecule has 1 heterocycles. The van der Waals surface area contributed by atoms with E-state index in [-0.39, 0.29) is 18.4 Å². The van der Waals surface area contributed by atoms with Crippen LogP contribution in [0.15, 0.2) is 0 Å². The van der Waals surface area contributed by atoms with Gasteiger partial charge in [0.25, 0.3) is 0 Å². The summed E-state index contributed by atoms with van der Waals surface area (Å²) in [4.78, 5) is 23.2. The maximum Gasteiger partial charge on any atom is 0.328 e. The van der Waals surface area contributed by atoms with Crippen LogP contribution in [0.2, 0.25) is 0 Å². The molecule has 0 unspecified atom stereocenters. The summed E-state index contributed by atoms with van der Waals surface area (Å²) in [5, 5.41) is 0. The van der Waals surface area contributed by atoms with Gasteiger partial charge in [0.15, 0.2) is 0 Å². The van der Waals surface area contributed by atoms with E-state index in [4.69, 9.17) is 0 Å². The Bertz CT molecular complexity index is 179. The van der Waals surface area contributed by atoms with E-state index in [1.54, 1.807) is 4.90 Å². The molecule has 3 N–H and O–H groups in total. The van der Waals surface area contributed by atoms with Crippen LogP contribution in [0.4, 0.5) is 0 Å². The van der Waals surface area contributed by atoms with Gasteiger partial charge >= 0.3 is 5.91 Å². The first-order chi connectivity index (χ1) is 5.20. The van der Waals surface area contributed by atoms with Crippen LogP contribution < -0.4 is 5.73 Å². The van der Waals surface area contributed by atoms with E-state index in [1.807, 2.05) is 0 Å². The minimum Gasteiger partial charge on any atom is -0.329 e. The van der Waals surface area contributed by atoms with Crippen molar-refractivity contribution in [2.45, 2.75) is 19.3 Å². The monoisotopic (exact) mass is 157 g/mol. The molecular formula is C7H13N2O2+. The number of quaternary nitrogens is 1. The summed E-state index contributed by atoms with van der Waals surface area (Å²) < 4.78 is 0. The van der Waals surface area contributed by atoms with Gasteiger partial charge in [-0.3, -0.25) is 10.5 Å². The third kappa shape index (κ3) is 2.31. The molecule has 2 amide bonds. The highest BCUT2D eigenvalue weighted by atomic mass is 16.2. The number of amides is 2. The molecule has 4 heteroatoms. The highest BCUT2D eigenvalue weighted by Crippen LogP contribution is 2.08. The molecule has 62 valence electrons. The zero-order valence-electron chi connectivity index (χ0n) is 6.51. The van der Waals surface area contributed by atoms with Crippen LogP contribution in [-0.2, 0) is 9.59 Å². The van der Waals surface area contributed by atoms with Crippen molar-refractivity contribution in [3.05, 3.63) is 0 Å². The predicted molar refractivity (Wildman–Crippen MR) is 38.3 cm³/mol. The average molecular weight is 157 g/mol. The fourth-order valence-corrected chi connectivity index (χ4v) is 1.24. The summed E-state index contributed by atoms with van der Waals surface area (Å²) in [6, 6.07) is 0. The number of likely N-dealkylation sites (tertiary alicyclic amines) is 1. The standard InChI is InChI=1S/C7H12N2O2/c8-6(10)5-9-4-2-1-3-7(9)11/h1-5H2,(H2,8,10)/p+1. The van der Waals surface area contributed by atoms with Crippen molar-refractivity contribution in [1.82, 2.24) is 4.90 Å². The Balaban J connectivity index is 2.42. The number of hydrogen-bond acceptors (Lipinski definition) is 2. The number of hydrogen-bond donors (Lipinski definition) is 1. The maximum atomic E-state index is 11.1. The van der Waals surface area contributed by atoms with Crippen LogP contribution in [-0.4, -0.2) is 29.8 Å². The first-order valence-electron chi connectivity index (χ1n) is 3.82. The van der Waals surface area contributed by atoms with Crippen molar-refractivity contribution < 1.29 is 15.3 Å². The van der Waals surface area contributed by atoms with Crippen molar-refractivity contribution >= 4 is 11.8 Å². The highest BCUT2D eigenvalue weighted by Gasteiger charge is 2.19. The normalized spacial score (nSPS) is 18.6. The number of carbonyl (C=O) groups is 2. The van der Waals surface area contributed by atoms with Crippen LogP contribution in [0.5, 0.6) is 0 Å². The molecule has 4 nitrogen and oxygen atoms in total. The smallest absolute Gasteiger partial charge is 0.328 e. The van der Waals surface area contributed by atoms with Gasteiger partial charge in [-0.05, 0) is 12.8 Å². The van der Waals surface area contributed by atoms with Gasteiger partial charge in [0.1, 0.15) is 6.54 Å². The molecule has 0 aromatic rings. The van der Waals surface area contributed by atoms with Crippen molar-refractivity contribution in [2.24, 2.45) is 0 Å². The van der Waals surface area contributed by atoms with Crippen LogP contribution in [0.3, 0.4) is 0 Å². The first-order valence-corrected chi connectivity index (χ1v) is 3.82. The number of rotatable bonds is 2. The molecule has 0 aliphatic carbocycles. The van der Waals surface area contributed by atoms with Crippen molar-refractivity contribution in [3.8, 4) is 0 Å². The van der Waals surface area contributed by atoms with Crippen molar-refractivity contribution in [3.63, 3.8) is 0 Å². The van der Waals surface area contributed by atoms with E-state index >= 15 is 0 Å². The molecule has 0 saturated carbocycles. The van der Waals surface area contributed by atoms with Gasteiger partial charge in [-0.2, -0.15) is 0 Å². The fourth-order valence-electron chi connectivity index (χ4n) is 1.24. The second kappa shape index (κ2) is 3.48. The minimum atomic E-state index is -0.180. The van der Waals surface area contributed by atoms with E-state index in [0.717, 1.165) is 19.4 Å². The average Bonchev–Trinajstić information content (AvgIpc) is 1.93. The Labute approximate surface area is 65.3 Å². The highest BCUT2D eigenvalue weighted by molar-refractivity contribution is 5.81. The lowest BCUT2D eigenvalue weighted by Gasteiger charge is -2.24. The Morgan fingerprint density at radius 3 is 2.82 bits per heavy atom. The maximum absolute atomic E-state index is 11.1. The first kappa shape index (κ1) is 8.20. The van der Waals surface area contributed by atoms with Gasteiger partial charge in [-0.25, -0.2) is 4.79 Å². The second-order valence-corrected chi connectivity index (χ2v) is 2.81. The van der Waals surface area contributed by atoms with Crippen LogP contribution >= 0.6 is 0 Å². The molecule has 1 rings (SSSR count). The zero-order chi connectivity index (χ0) is 8.27. The molecule has 0 aromatic carbocycles. The topological polar surface area (TPSA) is 65.0 Å². The SMILES string of the molecule is [NH3+]C(=O)CN1CCCCC1=O. The molecule has 1 aliphatic heterocycles. The lowest BCUT2D eigenvalue weighted by molar-refractivity contribution is -0.306. The molecule has 1 saturated heterocycles. The Morgan fingerprint density at radius 2 is 2.27 bits per heavy atom. The summed E-state index contributed by atoms with van der Waals surface area (Å²) in [7, 11) is 0. The third-order valence-corrected chi connectivity index (χ3v) is 1.79. The summed E-state index contributed by atoms with van der Waals surface area (Å²) in [6.45, 7) is 0.916. The molecule has 0 radical (unpaired) electrons. The summed E-state index contributed by atoms with van der Waals surface area (Å²) in [6.07, 6.45) is 2.56. The summed E-state index contributed by atoms with van der Waals surface area (Å²) in [5.74, 6) is -0.0894. The molecule has 1 aliphatic rings. The predicted octanol–water partition coefficient (Wildman–Crippen LogP) is -1.23. The lowest BCUT2D eigenvalue weighted by Crippen LogP contribution is -2.62. The summed E-state index contributed by atoms with van der Waals surface area (Å²) >= 11 is 0. The minimum absolute atomic E-state index is 0.0910. The largest absolute Gasteiger partial charge is 0.329 e. The van der Waals surface area contributed by atoms with Gasteiger partial charge < -0.3 is 4.90 Å². The number of nitrogens with zero attached hydrogens (tertiary/aromatic N) is 1. The molecule has 11 heavy (non-hydrogen) atoms. The van der Waals surface area contributed by atoms with Gasteiger partial charge in [0.05, 0.1) is 0 Å². The second-order valence-electron chi connectivity index (χ2n) is 2.81. The molecule has 0 atom stereocenters.